The van der Waals surface area contributed by atoms with E-state index in [0.717, 1.165) is 22.9 Å². The molecule has 7 nitrogen and oxygen atoms in total. The zero-order valence-corrected chi connectivity index (χ0v) is 20.8. The molecule has 1 fully saturated rings. The second-order valence-corrected chi connectivity index (χ2v) is 9.86. The molecule has 0 bridgehead atoms. The first-order chi connectivity index (χ1) is 16.0. The molecule has 1 heterocycles. The zero-order valence-electron chi connectivity index (χ0n) is 18.4. The average Bonchev–Trinajstić information content (AvgIpc) is 3.19. The normalized spacial score (nSPS) is 14.1. The molecule has 33 heavy (non-hydrogen) atoms. The van der Waals surface area contributed by atoms with Crippen LogP contribution in [-0.2, 0) is 11.8 Å². The first-order valence-corrected chi connectivity index (χ1v) is 12.8. The van der Waals surface area contributed by atoms with Gasteiger partial charge in [0, 0.05) is 28.8 Å². The van der Waals surface area contributed by atoms with E-state index in [9.17, 15) is 9.59 Å². The summed E-state index contributed by atoms with van der Waals surface area (Å²) in [7, 11) is 1.89. The van der Waals surface area contributed by atoms with Gasteiger partial charge in [-0.1, -0.05) is 43.2 Å². The van der Waals surface area contributed by atoms with Crippen molar-refractivity contribution in [1.29, 1.82) is 0 Å². The lowest BCUT2D eigenvalue weighted by molar-refractivity contribution is -0.119. The number of nitrogens with zero attached hydrogens (tertiary/aromatic N) is 3. The van der Waals surface area contributed by atoms with Gasteiger partial charge in [-0.2, -0.15) is 0 Å². The first-order valence-electron chi connectivity index (χ1n) is 11.0. The largest absolute Gasteiger partial charge is 0.353 e. The summed E-state index contributed by atoms with van der Waals surface area (Å²) < 4.78 is 2.63. The van der Waals surface area contributed by atoms with E-state index in [1.54, 1.807) is 6.07 Å². The fourth-order valence-electron chi connectivity index (χ4n) is 3.88. The number of aromatic nitrogens is 3. The Hall–Kier alpha value is -2.65. The molecule has 3 aromatic rings. The Labute approximate surface area is 205 Å². The van der Waals surface area contributed by atoms with Crippen molar-refractivity contribution in [1.82, 2.24) is 20.1 Å². The van der Waals surface area contributed by atoms with E-state index in [1.807, 2.05) is 54.1 Å². The standard InChI is InChI=1S/C24H26BrN5O2S/c1-30-22(28-29-24(30)33-15-21(31)26-17-7-3-2-4-8-17)16-11-13-18(14-12-16)27-23(32)19-9-5-6-10-20(19)25/h5-6,9-14,17H,2-4,7-8,15H2,1H3,(H,26,31)(H,27,32). The van der Waals surface area contributed by atoms with E-state index in [2.05, 4.69) is 36.8 Å². The highest BCUT2D eigenvalue weighted by atomic mass is 79.9. The molecule has 1 aliphatic rings. The summed E-state index contributed by atoms with van der Waals surface area (Å²) in [6.45, 7) is 0. The van der Waals surface area contributed by atoms with Crippen molar-refractivity contribution < 1.29 is 9.59 Å². The predicted molar refractivity (Wildman–Crippen MR) is 134 cm³/mol. The van der Waals surface area contributed by atoms with Crippen LogP contribution in [0, 0.1) is 0 Å². The minimum absolute atomic E-state index is 0.0431. The maximum atomic E-state index is 12.5. The van der Waals surface area contributed by atoms with Gasteiger partial charge in [-0.15, -0.1) is 10.2 Å². The van der Waals surface area contributed by atoms with Gasteiger partial charge in [-0.05, 0) is 65.2 Å². The molecule has 172 valence electrons. The highest BCUT2D eigenvalue weighted by Gasteiger charge is 2.17. The van der Waals surface area contributed by atoms with E-state index in [1.165, 1.54) is 31.0 Å². The molecule has 0 aliphatic heterocycles. The van der Waals surface area contributed by atoms with Crippen molar-refractivity contribution in [3.63, 3.8) is 0 Å². The molecule has 0 unspecified atom stereocenters. The number of benzene rings is 2. The van der Waals surface area contributed by atoms with Crippen LogP contribution in [-0.4, -0.2) is 38.4 Å². The fourth-order valence-corrected chi connectivity index (χ4v) is 5.07. The van der Waals surface area contributed by atoms with Gasteiger partial charge in [-0.3, -0.25) is 9.59 Å². The zero-order chi connectivity index (χ0) is 23.2. The van der Waals surface area contributed by atoms with Crippen molar-refractivity contribution in [3.8, 4) is 11.4 Å². The number of hydrogen-bond acceptors (Lipinski definition) is 5. The van der Waals surface area contributed by atoms with Crippen LogP contribution in [0.2, 0.25) is 0 Å². The second kappa shape index (κ2) is 11.0. The lowest BCUT2D eigenvalue weighted by atomic mass is 9.95. The third kappa shape index (κ3) is 6.03. The first kappa shape index (κ1) is 23.5. The van der Waals surface area contributed by atoms with Crippen molar-refractivity contribution in [2.24, 2.45) is 7.05 Å². The van der Waals surface area contributed by atoms with Gasteiger partial charge in [0.2, 0.25) is 5.91 Å². The summed E-state index contributed by atoms with van der Waals surface area (Å²) in [5.74, 6) is 0.886. The van der Waals surface area contributed by atoms with E-state index < -0.39 is 0 Å². The topological polar surface area (TPSA) is 88.9 Å². The van der Waals surface area contributed by atoms with Gasteiger partial charge in [0.15, 0.2) is 11.0 Å². The number of carbonyl (C=O) groups is 2. The van der Waals surface area contributed by atoms with Crippen LogP contribution in [0.3, 0.4) is 0 Å². The molecule has 0 atom stereocenters. The quantitative estimate of drug-likeness (QED) is 0.420. The lowest BCUT2D eigenvalue weighted by Gasteiger charge is -2.22. The second-order valence-electron chi connectivity index (χ2n) is 8.07. The summed E-state index contributed by atoms with van der Waals surface area (Å²) in [6, 6.07) is 15.1. The highest BCUT2D eigenvalue weighted by molar-refractivity contribution is 9.10. The Morgan fingerprint density at radius 3 is 2.52 bits per heavy atom. The van der Waals surface area contributed by atoms with E-state index >= 15 is 0 Å². The molecule has 0 radical (unpaired) electrons. The Kier molecular flexibility index (Phi) is 7.82. The van der Waals surface area contributed by atoms with Crippen molar-refractivity contribution >= 4 is 45.2 Å². The fraction of sp³-hybridized carbons (Fsp3) is 0.333. The summed E-state index contributed by atoms with van der Waals surface area (Å²) in [6.07, 6.45) is 5.79. The van der Waals surface area contributed by atoms with Crippen molar-refractivity contribution in [3.05, 3.63) is 58.6 Å². The van der Waals surface area contributed by atoms with Gasteiger partial charge >= 0.3 is 0 Å². The third-order valence-electron chi connectivity index (χ3n) is 5.66. The molecule has 9 heteroatoms. The number of nitrogens with one attached hydrogen (secondary N) is 2. The minimum atomic E-state index is -0.181. The molecular formula is C24H26BrN5O2S. The molecule has 4 rings (SSSR count). The van der Waals surface area contributed by atoms with Crippen LogP contribution >= 0.6 is 27.7 Å². The lowest BCUT2D eigenvalue weighted by Crippen LogP contribution is -2.37. The van der Waals surface area contributed by atoms with Gasteiger partial charge < -0.3 is 15.2 Å². The third-order valence-corrected chi connectivity index (χ3v) is 7.37. The Bertz CT molecular complexity index is 1130. The number of anilines is 1. The maximum Gasteiger partial charge on any atom is 0.256 e. The molecule has 2 aromatic carbocycles. The Morgan fingerprint density at radius 1 is 1.06 bits per heavy atom. The highest BCUT2D eigenvalue weighted by Crippen LogP contribution is 2.25. The summed E-state index contributed by atoms with van der Waals surface area (Å²) >= 11 is 4.79. The van der Waals surface area contributed by atoms with Gasteiger partial charge in [0.05, 0.1) is 11.3 Å². The molecular weight excluding hydrogens is 502 g/mol. The van der Waals surface area contributed by atoms with Crippen molar-refractivity contribution in [2.45, 2.75) is 43.3 Å². The van der Waals surface area contributed by atoms with Crippen LogP contribution in [0.5, 0.6) is 0 Å². The van der Waals surface area contributed by atoms with Gasteiger partial charge in [-0.25, -0.2) is 0 Å². The van der Waals surface area contributed by atoms with E-state index in [-0.39, 0.29) is 11.8 Å². The van der Waals surface area contributed by atoms with Crippen LogP contribution < -0.4 is 10.6 Å². The molecule has 2 amide bonds. The molecule has 1 aliphatic carbocycles. The molecule has 1 aromatic heterocycles. The number of amides is 2. The molecule has 1 saturated carbocycles. The number of halogens is 1. The van der Waals surface area contributed by atoms with E-state index in [4.69, 9.17) is 0 Å². The van der Waals surface area contributed by atoms with Crippen LogP contribution in [0.1, 0.15) is 42.5 Å². The number of hydrogen-bond donors (Lipinski definition) is 2. The summed E-state index contributed by atoms with van der Waals surface area (Å²) in [5, 5.41) is 15.3. The Morgan fingerprint density at radius 2 is 1.79 bits per heavy atom. The number of rotatable bonds is 7. The monoisotopic (exact) mass is 527 g/mol. The summed E-state index contributed by atoms with van der Waals surface area (Å²) in [4.78, 5) is 24.8. The van der Waals surface area contributed by atoms with Crippen LogP contribution in [0.25, 0.3) is 11.4 Å². The average molecular weight is 528 g/mol. The minimum Gasteiger partial charge on any atom is -0.353 e. The van der Waals surface area contributed by atoms with Crippen molar-refractivity contribution in [2.75, 3.05) is 11.1 Å². The maximum absolute atomic E-state index is 12.5. The molecule has 0 saturated heterocycles. The van der Waals surface area contributed by atoms with E-state index in [0.29, 0.717) is 34.0 Å². The number of thioether (sulfide) groups is 1. The number of carbonyl (C=O) groups excluding carboxylic acids is 2. The molecule has 2 N–H and O–H groups in total. The predicted octanol–water partition coefficient (Wildman–Crippen LogP) is 5.04. The molecule has 0 spiro atoms. The van der Waals surface area contributed by atoms with Crippen LogP contribution in [0.15, 0.2) is 58.2 Å². The Balaban J connectivity index is 1.35. The summed E-state index contributed by atoms with van der Waals surface area (Å²) in [5.41, 5.74) is 2.14. The smallest absolute Gasteiger partial charge is 0.256 e. The van der Waals surface area contributed by atoms with Crippen LogP contribution in [0.4, 0.5) is 5.69 Å². The van der Waals surface area contributed by atoms with Gasteiger partial charge in [0.25, 0.3) is 5.91 Å². The SMILES string of the molecule is Cn1c(SCC(=O)NC2CCCCC2)nnc1-c1ccc(NC(=O)c2ccccc2Br)cc1. The van der Waals surface area contributed by atoms with Gasteiger partial charge in [0.1, 0.15) is 0 Å².